The molecule has 3 aromatic carbocycles. The van der Waals surface area contributed by atoms with Gasteiger partial charge < -0.3 is 19.8 Å². The van der Waals surface area contributed by atoms with E-state index in [2.05, 4.69) is 16.0 Å². The van der Waals surface area contributed by atoms with E-state index < -0.39 is 5.91 Å². The van der Waals surface area contributed by atoms with Crippen LogP contribution in [-0.4, -0.2) is 23.5 Å². The minimum absolute atomic E-state index is 0.130. The van der Waals surface area contributed by atoms with Crippen LogP contribution in [0.25, 0.3) is 11.0 Å². The lowest BCUT2D eigenvalue weighted by Gasteiger charge is -2.13. The third-order valence-corrected chi connectivity index (χ3v) is 5.57. The number of carbonyl (C=O) groups excluding carboxylic acids is 2. The van der Waals surface area contributed by atoms with Gasteiger partial charge in [-0.3, -0.25) is 14.9 Å². The summed E-state index contributed by atoms with van der Waals surface area (Å²) in [6.45, 7) is 3.50. The molecule has 3 N–H and O–H groups in total. The SMILES string of the molecule is Cc1cc(NC(=S)NC(=O)COc2ccc(Cl)cc2C)ccc1NC(=O)c1cc2ccccc2o1. The van der Waals surface area contributed by atoms with Crippen molar-refractivity contribution in [3.8, 4) is 5.75 Å². The van der Waals surface area contributed by atoms with Gasteiger partial charge in [-0.1, -0.05) is 29.8 Å². The van der Waals surface area contributed by atoms with Crippen molar-refractivity contribution < 1.29 is 18.7 Å². The van der Waals surface area contributed by atoms with Crippen molar-refractivity contribution in [1.82, 2.24) is 5.32 Å². The number of thiocarbonyl (C=S) groups is 1. The van der Waals surface area contributed by atoms with Gasteiger partial charge in [0.05, 0.1) is 0 Å². The number of rotatable bonds is 6. The number of benzene rings is 3. The van der Waals surface area contributed by atoms with Gasteiger partial charge in [0.2, 0.25) is 0 Å². The third kappa shape index (κ3) is 6.17. The van der Waals surface area contributed by atoms with Crippen molar-refractivity contribution in [3.63, 3.8) is 0 Å². The first kappa shape index (κ1) is 24.3. The summed E-state index contributed by atoms with van der Waals surface area (Å²) in [7, 11) is 0. The van der Waals surface area contributed by atoms with Crippen LogP contribution in [0.15, 0.2) is 71.1 Å². The minimum Gasteiger partial charge on any atom is -0.483 e. The van der Waals surface area contributed by atoms with Crippen molar-refractivity contribution in [2.24, 2.45) is 0 Å². The molecule has 0 saturated heterocycles. The zero-order valence-electron chi connectivity index (χ0n) is 19.0. The fraction of sp³-hybridized carbons (Fsp3) is 0.115. The number of ether oxygens (including phenoxy) is 1. The Labute approximate surface area is 212 Å². The standard InChI is InChI=1S/C26H22ClN3O4S/c1-15-12-19(28-26(35)30-24(31)14-33-21-10-7-18(27)11-16(21)2)8-9-20(15)29-25(32)23-13-17-5-3-4-6-22(17)34-23/h3-13H,14H2,1-2H3,(H,29,32)(H2,28,30,31,35). The number of nitrogens with one attached hydrogen (secondary N) is 3. The highest BCUT2D eigenvalue weighted by Crippen LogP contribution is 2.24. The maximum atomic E-state index is 12.6. The average Bonchev–Trinajstić information content (AvgIpc) is 3.25. The normalized spacial score (nSPS) is 10.6. The van der Waals surface area contributed by atoms with Gasteiger partial charge in [0.1, 0.15) is 11.3 Å². The highest BCUT2D eigenvalue weighted by Gasteiger charge is 2.14. The van der Waals surface area contributed by atoms with E-state index in [9.17, 15) is 9.59 Å². The summed E-state index contributed by atoms with van der Waals surface area (Å²) in [5.74, 6) is 0.0547. The van der Waals surface area contributed by atoms with Crippen molar-refractivity contribution in [2.75, 3.05) is 17.2 Å². The Hall–Kier alpha value is -3.88. The summed E-state index contributed by atoms with van der Waals surface area (Å²) in [6.07, 6.45) is 0. The van der Waals surface area contributed by atoms with Crippen LogP contribution in [0, 0.1) is 13.8 Å². The van der Waals surface area contributed by atoms with E-state index in [1.54, 1.807) is 42.5 Å². The molecule has 35 heavy (non-hydrogen) atoms. The Kier molecular flexibility index (Phi) is 7.33. The van der Waals surface area contributed by atoms with Crippen molar-refractivity contribution in [3.05, 3.63) is 88.6 Å². The second-order valence-electron chi connectivity index (χ2n) is 7.83. The highest BCUT2D eigenvalue weighted by molar-refractivity contribution is 7.80. The van der Waals surface area contributed by atoms with Gasteiger partial charge in [0.15, 0.2) is 17.5 Å². The second-order valence-corrected chi connectivity index (χ2v) is 8.68. The molecular formula is C26H22ClN3O4S. The molecule has 4 aromatic rings. The molecule has 0 aliphatic rings. The zero-order valence-corrected chi connectivity index (χ0v) is 20.5. The van der Waals surface area contributed by atoms with Gasteiger partial charge in [0, 0.05) is 21.8 Å². The smallest absolute Gasteiger partial charge is 0.291 e. The number of furan rings is 1. The number of halogens is 1. The van der Waals surface area contributed by atoms with Gasteiger partial charge in [-0.25, -0.2) is 0 Å². The Morgan fingerprint density at radius 1 is 0.971 bits per heavy atom. The minimum atomic E-state index is -0.400. The first-order chi connectivity index (χ1) is 16.8. The van der Waals surface area contributed by atoms with Crippen LogP contribution in [0.1, 0.15) is 21.7 Å². The number of hydrogen-bond acceptors (Lipinski definition) is 5. The first-order valence-corrected chi connectivity index (χ1v) is 11.5. The Morgan fingerprint density at radius 2 is 1.77 bits per heavy atom. The lowest BCUT2D eigenvalue weighted by Crippen LogP contribution is -2.37. The first-order valence-electron chi connectivity index (χ1n) is 10.7. The van der Waals surface area contributed by atoms with Crippen molar-refractivity contribution >= 4 is 63.1 Å². The van der Waals surface area contributed by atoms with Gasteiger partial charge >= 0.3 is 0 Å². The van der Waals surface area contributed by atoms with E-state index in [1.807, 2.05) is 38.1 Å². The molecular weight excluding hydrogens is 486 g/mol. The molecule has 7 nitrogen and oxygen atoms in total. The molecule has 0 unspecified atom stereocenters. The third-order valence-electron chi connectivity index (χ3n) is 5.13. The Bertz CT molecular complexity index is 1400. The summed E-state index contributed by atoms with van der Waals surface area (Å²) in [4.78, 5) is 24.8. The summed E-state index contributed by atoms with van der Waals surface area (Å²) < 4.78 is 11.1. The topological polar surface area (TPSA) is 92.6 Å². The molecule has 0 radical (unpaired) electrons. The Balaban J connectivity index is 1.31. The van der Waals surface area contributed by atoms with Gasteiger partial charge in [-0.05, 0) is 85.7 Å². The summed E-state index contributed by atoms with van der Waals surface area (Å²) in [5, 5.41) is 9.97. The fourth-order valence-electron chi connectivity index (χ4n) is 3.40. The predicted molar refractivity (Wildman–Crippen MR) is 141 cm³/mol. The van der Waals surface area contributed by atoms with Crippen LogP contribution in [0.4, 0.5) is 11.4 Å². The predicted octanol–water partition coefficient (Wildman–Crippen LogP) is 5.85. The molecule has 0 aliphatic heterocycles. The molecule has 2 amide bonds. The molecule has 0 aliphatic carbocycles. The molecule has 9 heteroatoms. The molecule has 1 heterocycles. The lowest BCUT2D eigenvalue weighted by molar-refractivity contribution is -0.121. The monoisotopic (exact) mass is 507 g/mol. The molecule has 0 saturated carbocycles. The van der Waals surface area contributed by atoms with Gasteiger partial charge in [-0.15, -0.1) is 0 Å². The Morgan fingerprint density at radius 3 is 2.51 bits per heavy atom. The molecule has 0 bridgehead atoms. The summed E-state index contributed by atoms with van der Waals surface area (Å²) in [6, 6.07) is 19.6. The van der Waals surface area contributed by atoms with Crippen LogP contribution in [0.3, 0.4) is 0 Å². The van der Waals surface area contributed by atoms with Crippen molar-refractivity contribution in [1.29, 1.82) is 0 Å². The van der Waals surface area contributed by atoms with Crippen LogP contribution in [-0.2, 0) is 4.79 Å². The maximum Gasteiger partial charge on any atom is 0.291 e. The number of fused-ring (bicyclic) bond motifs is 1. The maximum absolute atomic E-state index is 12.6. The number of aryl methyl sites for hydroxylation is 2. The van der Waals surface area contributed by atoms with Crippen LogP contribution in [0.5, 0.6) is 5.75 Å². The number of hydrogen-bond donors (Lipinski definition) is 3. The molecule has 4 rings (SSSR count). The highest BCUT2D eigenvalue weighted by atomic mass is 35.5. The molecule has 0 spiro atoms. The number of amides is 2. The molecule has 178 valence electrons. The molecule has 0 fully saturated rings. The van der Waals surface area contributed by atoms with Gasteiger partial charge in [-0.2, -0.15) is 0 Å². The van der Waals surface area contributed by atoms with Gasteiger partial charge in [0.25, 0.3) is 11.8 Å². The quantitative estimate of drug-likeness (QED) is 0.284. The van der Waals surface area contributed by atoms with E-state index in [4.69, 9.17) is 33.0 Å². The largest absolute Gasteiger partial charge is 0.483 e. The van der Waals surface area contributed by atoms with Crippen LogP contribution in [0.2, 0.25) is 5.02 Å². The average molecular weight is 508 g/mol. The zero-order chi connectivity index (χ0) is 24.9. The summed E-state index contributed by atoms with van der Waals surface area (Å²) in [5.41, 5.74) is 3.56. The van der Waals surface area contributed by atoms with E-state index in [0.29, 0.717) is 27.7 Å². The summed E-state index contributed by atoms with van der Waals surface area (Å²) >= 11 is 11.2. The van der Waals surface area contributed by atoms with Crippen LogP contribution < -0.4 is 20.7 Å². The molecule has 0 atom stereocenters. The number of carbonyl (C=O) groups is 2. The van der Waals surface area contributed by atoms with Crippen LogP contribution >= 0.6 is 23.8 Å². The van der Waals surface area contributed by atoms with E-state index in [1.165, 1.54) is 0 Å². The van der Waals surface area contributed by atoms with E-state index >= 15 is 0 Å². The van der Waals surface area contributed by atoms with E-state index in [-0.39, 0.29) is 23.4 Å². The molecule has 1 aromatic heterocycles. The number of anilines is 2. The fourth-order valence-corrected chi connectivity index (χ4v) is 3.86. The lowest BCUT2D eigenvalue weighted by atomic mass is 10.1. The van der Waals surface area contributed by atoms with E-state index in [0.717, 1.165) is 16.5 Å². The second kappa shape index (κ2) is 10.6. The van der Waals surface area contributed by atoms with Crippen molar-refractivity contribution in [2.45, 2.75) is 13.8 Å². The number of para-hydroxylation sites is 1.